The van der Waals surface area contributed by atoms with Crippen LogP contribution in [0.4, 0.5) is 0 Å². The number of nitrogens with zero attached hydrogens (tertiary/aromatic N) is 3. The second-order valence-electron chi connectivity index (χ2n) is 6.13. The van der Waals surface area contributed by atoms with Crippen LogP contribution in [0.1, 0.15) is 18.2 Å². The molecule has 1 N–H and O–H groups in total. The first-order valence-corrected chi connectivity index (χ1v) is 10.5. The van der Waals surface area contributed by atoms with E-state index < -0.39 is 10.8 Å². The largest absolute Gasteiger partial charge is 0.357 e. The third kappa shape index (κ3) is 8.23. The van der Waals surface area contributed by atoms with E-state index in [2.05, 4.69) is 15.2 Å². The van der Waals surface area contributed by atoms with Crippen LogP contribution in [-0.2, 0) is 30.1 Å². The molecular formula is C19H28ClIN4OS. The highest BCUT2D eigenvalue weighted by Crippen LogP contribution is 2.14. The highest BCUT2D eigenvalue weighted by atomic mass is 127. The molecule has 27 heavy (non-hydrogen) atoms. The number of aryl methyl sites for hydroxylation is 1. The highest BCUT2D eigenvalue weighted by molar-refractivity contribution is 14.0. The maximum absolute atomic E-state index is 12.2. The van der Waals surface area contributed by atoms with Crippen molar-refractivity contribution in [3.63, 3.8) is 0 Å². The minimum atomic E-state index is -0.918. The molecule has 1 aromatic heterocycles. The standard InChI is InChI=1S/C19H27ClN4OS.HI/c1-4-21-19(24(3)14-18-12-17(20)13-23(18)2)22-10-11-26(25)15-16-8-6-5-7-9-16;/h5-9,12-13H,4,10-11,14-15H2,1-3H3,(H,21,22);1H. The molecule has 0 aliphatic heterocycles. The maximum Gasteiger partial charge on any atom is 0.194 e. The van der Waals surface area contributed by atoms with Crippen molar-refractivity contribution in [3.8, 4) is 0 Å². The third-order valence-electron chi connectivity index (χ3n) is 3.92. The Labute approximate surface area is 186 Å². The summed E-state index contributed by atoms with van der Waals surface area (Å²) < 4.78 is 14.3. The lowest BCUT2D eigenvalue weighted by Crippen LogP contribution is -2.39. The van der Waals surface area contributed by atoms with Crippen molar-refractivity contribution in [2.75, 3.05) is 25.9 Å². The molecule has 0 fully saturated rings. The van der Waals surface area contributed by atoms with Crippen molar-refractivity contribution < 1.29 is 4.21 Å². The summed E-state index contributed by atoms with van der Waals surface area (Å²) >= 11 is 6.06. The molecule has 0 saturated carbocycles. The van der Waals surface area contributed by atoms with Gasteiger partial charge in [-0.3, -0.25) is 9.20 Å². The Kier molecular flexibility index (Phi) is 11.0. The number of aliphatic imine (C=N–C) groups is 1. The Morgan fingerprint density at radius 2 is 2.04 bits per heavy atom. The van der Waals surface area contributed by atoms with Gasteiger partial charge in [0, 0.05) is 54.8 Å². The molecule has 2 rings (SSSR count). The van der Waals surface area contributed by atoms with E-state index in [1.54, 1.807) is 0 Å². The highest BCUT2D eigenvalue weighted by Gasteiger charge is 2.10. The molecule has 1 aromatic carbocycles. The fourth-order valence-corrected chi connectivity index (χ4v) is 3.87. The molecule has 1 atom stereocenters. The molecule has 0 amide bonds. The van der Waals surface area contributed by atoms with Crippen molar-refractivity contribution >= 4 is 52.3 Å². The van der Waals surface area contributed by atoms with Gasteiger partial charge in [0.25, 0.3) is 0 Å². The van der Waals surface area contributed by atoms with Gasteiger partial charge < -0.3 is 14.8 Å². The van der Waals surface area contributed by atoms with Crippen molar-refractivity contribution in [1.29, 1.82) is 0 Å². The number of halogens is 2. The number of nitrogens with one attached hydrogen (secondary N) is 1. The summed E-state index contributed by atoms with van der Waals surface area (Å²) in [6.45, 7) is 4.04. The quantitative estimate of drug-likeness (QED) is 0.327. The van der Waals surface area contributed by atoms with Crippen LogP contribution in [0.3, 0.4) is 0 Å². The van der Waals surface area contributed by atoms with E-state index in [4.69, 9.17) is 11.6 Å². The summed E-state index contributed by atoms with van der Waals surface area (Å²) in [7, 11) is 3.05. The molecule has 1 unspecified atom stereocenters. The lowest BCUT2D eigenvalue weighted by molar-refractivity contribution is 0.462. The van der Waals surface area contributed by atoms with Gasteiger partial charge in [-0.1, -0.05) is 41.9 Å². The number of rotatable bonds is 8. The molecule has 0 aliphatic rings. The summed E-state index contributed by atoms with van der Waals surface area (Å²) in [4.78, 5) is 6.67. The lowest BCUT2D eigenvalue weighted by atomic mass is 10.2. The van der Waals surface area contributed by atoms with Gasteiger partial charge in [-0.15, -0.1) is 24.0 Å². The van der Waals surface area contributed by atoms with Crippen LogP contribution in [0.2, 0.25) is 5.02 Å². The minimum absolute atomic E-state index is 0. The van der Waals surface area contributed by atoms with Crippen molar-refractivity contribution in [2.24, 2.45) is 12.0 Å². The number of aromatic nitrogens is 1. The third-order valence-corrected chi connectivity index (χ3v) is 5.42. The van der Waals surface area contributed by atoms with Gasteiger partial charge in [0.05, 0.1) is 18.1 Å². The zero-order valence-corrected chi connectivity index (χ0v) is 19.9. The van der Waals surface area contributed by atoms with Crippen LogP contribution in [0.25, 0.3) is 0 Å². The van der Waals surface area contributed by atoms with Crippen LogP contribution in [0.5, 0.6) is 0 Å². The predicted molar refractivity (Wildman–Crippen MR) is 126 cm³/mol. The smallest absolute Gasteiger partial charge is 0.194 e. The monoisotopic (exact) mass is 522 g/mol. The van der Waals surface area contributed by atoms with Gasteiger partial charge in [0.15, 0.2) is 5.96 Å². The van der Waals surface area contributed by atoms with Crippen molar-refractivity contribution in [3.05, 3.63) is 58.9 Å². The van der Waals surface area contributed by atoms with Gasteiger partial charge in [-0.25, -0.2) is 0 Å². The van der Waals surface area contributed by atoms with Crippen LogP contribution in [0, 0.1) is 0 Å². The van der Waals surface area contributed by atoms with E-state index in [9.17, 15) is 4.21 Å². The lowest BCUT2D eigenvalue weighted by Gasteiger charge is -2.22. The van der Waals surface area contributed by atoms with Gasteiger partial charge in [-0.2, -0.15) is 0 Å². The molecule has 0 spiro atoms. The maximum atomic E-state index is 12.2. The van der Waals surface area contributed by atoms with Gasteiger partial charge in [0.2, 0.25) is 0 Å². The van der Waals surface area contributed by atoms with Gasteiger partial charge >= 0.3 is 0 Å². The fraction of sp³-hybridized carbons (Fsp3) is 0.421. The first-order chi connectivity index (χ1) is 12.5. The molecular weight excluding hydrogens is 495 g/mol. The molecule has 5 nitrogen and oxygen atoms in total. The van der Waals surface area contributed by atoms with E-state index in [1.807, 2.05) is 68.2 Å². The first kappa shape index (κ1) is 24.0. The van der Waals surface area contributed by atoms with Crippen LogP contribution in [0.15, 0.2) is 47.6 Å². The summed E-state index contributed by atoms with van der Waals surface area (Å²) in [5, 5.41) is 4.02. The zero-order chi connectivity index (χ0) is 18.9. The summed E-state index contributed by atoms with van der Waals surface area (Å²) in [5.74, 6) is 1.93. The Morgan fingerprint density at radius 1 is 1.33 bits per heavy atom. The van der Waals surface area contributed by atoms with E-state index >= 15 is 0 Å². The molecule has 150 valence electrons. The van der Waals surface area contributed by atoms with Gasteiger partial charge in [0.1, 0.15) is 0 Å². The molecule has 0 radical (unpaired) electrons. The van der Waals surface area contributed by atoms with Crippen LogP contribution < -0.4 is 5.32 Å². The first-order valence-electron chi connectivity index (χ1n) is 8.68. The Bertz CT molecular complexity index is 751. The normalized spacial score (nSPS) is 12.4. The Hall–Kier alpha value is -1.06. The Morgan fingerprint density at radius 3 is 2.63 bits per heavy atom. The van der Waals surface area contributed by atoms with Gasteiger partial charge in [-0.05, 0) is 18.6 Å². The van der Waals surface area contributed by atoms with E-state index in [0.717, 1.165) is 28.8 Å². The summed E-state index contributed by atoms with van der Waals surface area (Å²) in [6.07, 6.45) is 1.89. The second-order valence-corrected chi connectivity index (χ2v) is 8.14. The predicted octanol–water partition coefficient (Wildman–Crippen LogP) is 3.64. The van der Waals surface area contributed by atoms with Crippen molar-refractivity contribution in [2.45, 2.75) is 19.2 Å². The molecule has 8 heteroatoms. The number of hydrogen-bond donors (Lipinski definition) is 1. The van der Waals surface area contributed by atoms with E-state index in [1.165, 1.54) is 0 Å². The summed E-state index contributed by atoms with van der Waals surface area (Å²) in [5.41, 5.74) is 2.20. The molecule has 0 saturated heterocycles. The van der Waals surface area contributed by atoms with Crippen molar-refractivity contribution in [1.82, 2.24) is 14.8 Å². The topological polar surface area (TPSA) is 49.6 Å². The van der Waals surface area contributed by atoms with Crippen LogP contribution >= 0.6 is 35.6 Å². The fourth-order valence-electron chi connectivity index (χ4n) is 2.60. The summed E-state index contributed by atoms with van der Waals surface area (Å²) in [6, 6.07) is 11.9. The minimum Gasteiger partial charge on any atom is -0.357 e. The second kappa shape index (κ2) is 12.4. The number of benzene rings is 1. The Balaban J connectivity index is 0.00000364. The number of guanidine groups is 1. The molecule has 2 aromatic rings. The average molecular weight is 523 g/mol. The van der Waals surface area contributed by atoms with E-state index in [-0.39, 0.29) is 24.0 Å². The van der Waals surface area contributed by atoms with E-state index in [0.29, 0.717) is 24.6 Å². The SMILES string of the molecule is CCNC(=NCCS(=O)Cc1ccccc1)N(C)Cc1cc(Cl)cn1C.I. The molecule has 1 heterocycles. The zero-order valence-electron chi connectivity index (χ0n) is 16.0. The molecule has 0 aliphatic carbocycles. The van der Waals surface area contributed by atoms with Crippen LogP contribution in [-0.4, -0.2) is 45.5 Å². The number of hydrogen-bond acceptors (Lipinski definition) is 2. The average Bonchev–Trinajstić information content (AvgIpc) is 2.92. The molecule has 0 bridgehead atoms.